The predicted octanol–water partition coefficient (Wildman–Crippen LogP) is 6.43. The lowest BCUT2D eigenvalue weighted by atomic mass is 10.0. The van der Waals surface area contributed by atoms with Gasteiger partial charge in [0.1, 0.15) is 0 Å². The van der Waals surface area contributed by atoms with Crippen molar-refractivity contribution in [3.05, 3.63) is 75.1 Å². The van der Waals surface area contributed by atoms with Crippen molar-refractivity contribution in [1.82, 2.24) is 20.3 Å². The van der Waals surface area contributed by atoms with Crippen LogP contribution in [0.5, 0.6) is 0 Å². The van der Waals surface area contributed by atoms with Crippen LogP contribution >= 0.6 is 22.6 Å². The Labute approximate surface area is 245 Å². The smallest absolute Gasteiger partial charge is 0.251 e. The molecule has 4 rings (SSSR count). The molecule has 0 radical (unpaired) electrons. The normalized spacial score (nSPS) is 15.4. The first-order chi connectivity index (χ1) is 19.0. The number of benzene rings is 2. The average Bonchev–Trinajstić information content (AvgIpc) is 3.50. The molecule has 0 spiro atoms. The van der Waals surface area contributed by atoms with Gasteiger partial charge in [0, 0.05) is 10.1 Å². The van der Waals surface area contributed by atoms with Gasteiger partial charge in [-0.25, -0.2) is 9.58 Å². The van der Waals surface area contributed by atoms with E-state index in [1.54, 1.807) is 12.1 Å². The van der Waals surface area contributed by atoms with Crippen molar-refractivity contribution in [3.8, 4) is 0 Å². The molecule has 1 N–H and O–H groups in total. The van der Waals surface area contributed by atoms with E-state index in [1.165, 1.54) is 73.8 Å². The molecule has 7 nitrogen and oxygen atoms in total. The molecule has 39 heavy (non-hydrogen) atoms. The van der Waals surface area contributed by atoms with Crippen LogP contribution in [0.25, 0.3) is 0 Å². The summed E-state index contributed by atoms with van der Waals surface area (Å²) in [6.07, 6.45) is 15.3. The quantitative estimate of drug-likeness (QED) is 0.111. The number of carbonyl (C=O) groups is 2. The van der Waals surface area contributed by atoms with Crippen molar-refractivity contribution < 1.29 is 9.59 Å². The molecule has 1 aliphatic heterocycles. The molecule has 1 unspecified atom stereocenters. The minimum Gasteiger partial charge on any atom is -0.300 e. The SMILES string of the molecule is CCCCCCCCCCCc1ccc(Cn2cc(CNC3CC(=O)N(c4ccc(I)cc4)C3=O)nn2)cc1. The van der Waals surface area contributed by atoms with Gasteiger partial charge in [0.25, 0.3) is 5.91 Å². The number of unbranched alkanes of at least 4 members (excludes halogenated alkanes) is 8. The second-order valence-electron chi connectivity index (χ2n) is 10.5. The fraction of sp³-hybridized carbons (Fsp3) is 0.484. The van der Waals surface area contributed by atoms with E-state index in [-0.39, 0.29) is 18.2 Å². The van der Waals surface area contributed by atoms with Crippen molar-refractivity contribution in [3.63, 3.8) is 0 Å². The second kappa shape index (κ2) is 15.3. The summed E-state index contributed by atoms with van der Waals surface area (Å²) in [5, 5.41) is 11.7. The molecule has 1 aliphatic rings. The number of amides is 2. The highest BCUT2D eigenvalue weighted by molar-refractivity contribution is 14.1. The summed E-state index contributed by atoms with van der Waals surface area (Å²) in [6.45, 7) is 3.29. The van der Waals surface area contributed by atoms with Crippen LogP contribution in [0.4, 0.5) is 5.69 Å². The third-order valence-electron chi connectivity index (χ3n) is 7.28. The molecule has 3 aromatic rings. The van der Waals surface area contributed by atoms with E-state index in [0.717, 1.165) is 15.7 Å². The van der Waals surface area contributed by atoms with Gasteiger partial charge in [0.05, 0.1) is 36.6 Å². The average molecular weight is 642 g/mol. The first kappa shape index (κ1) is 29.4. The number of aromatic nitrogens is 3. The number of hydrogen-bond donors (Lipinski definition) is 1. The van der Waals surface area contributed by atoms with Crippen LogP contribution < -0.4 is 10.2 Å². The Balaban J connectivity index is 1.16. The maximum absolute atomic E-state index is 12.9. The zero-order valence-corrected chi connectivity index (χ0v) is 25.1. The second-order valence-corrected chi connectivity index (χ2v) is 11.7. The van der Waals surface area contributed by atoms with E-state index in [0.29, 0.717) is 18.8 Å². The Bertz CT molecular complexity index is 1190. The largest absolute Gasteiger partial charge is 0.300 e. The summed E-state index contributed by atoms with van der Waals surface area (Å²) in [5.74, 6) is -0.417. The Kier molecular flexibility index (Phi) is 11.5. The fourth-order valence-electron chi connectivity index (χ4n) is 5.02. The molecule has 208 valence electrons. The van der Waals surface area contributed by atoms with E-state index >= 15 is 0 Å². The van der Waals surface area contributed by atoms with E-state index < -0.39 is 6.04 Å². The molecule has 2 aromatic carbocycles. The number of nitrogens with zero attached hydrogens (tertiary/aromatic N) is 4. The van der Waals surface area contributed by atoms with Gasteiger partial charge in [-0.3, -0.25) is 14.9 Å². The van der Waals surface area contributed by atoms with Crippen LogP contribution in [0, 0.1) is 3.57 Å². The molecule has 1 atom stereocenters. The Morgan fingerprint density at radius 1 is 0.872 bits per heavy atom. The van der Waals surface area contributed by atoms with E-state index in [9.17, 15) is 9.59 Å². The summed E-state index contributed by atoms with van der Waals surface area (Å²) in [5.41, 5.74) is 3.92. The van der Waals surface area contributed by atoms with Gasteiger partial charge in [-0.1, -0.05) is 87.8 Å². The molecule has 1 fully saturated rings. The molecule has 0 bridgehead atoms. The molecule has 0 saturated carbocycles. The highest BCUT2D eigenvalue weighted by Crippen LogP contribution is 2.24. The Morgan fingerprint density at radius 2 is 1.51 bits per heavy atom. The first-order valence-corrected chi connectivity index (χ1v) is 15.4. The molecule has 2 amide bonds. The lowest BCUT2D eigenvalue weighted by Crippen LogP contribution is -2.38. The molecule has 2 heterocycles. The van der Waals surface area contributed by atoms with E-state index in [2.05, 4.69) is 69.4 Å². The number of nitrogens with one attached hydrogen (secondary N) is 1. The summed E-state index contributed by atoms with van der Waals surface area (Å²) < 4.78 is 2.87. The number of aryl methyl sites for hydroxylation is 1. The topological polar surface area (TPSA) is 80.1 Å². The van der Waals surface area contributed by atoms with Crippen molar-refractivity contribution in [2.24, 2.45) is 0 Å². The molecule has 0 aliphatic carbocycles. The zero-order chi connectivity index (χ0) is 27.5. The number of hydrogen-bond acceptors (Lipinski definition) is 5. The van der Waals surface area contributed by atoms with Crippen LogP contribution in [0.2, 0.25) is 0 Å². The van der Waals surface area contributed by atoms with Crippen molar-refractivity contribution in [2.75, 3.05) is 4.90 Å². The number of imide groups is 1. The van der Waals surface area contributed by atoms with Gasteiger partial charge in [-0.15, -0.1) is 5.10 Å². The van der Waals surface area contributed by atoms with Crippen molar-refractivity contribution in [1.29, 1.82) is 0 Å². The predicted molar refractivity (Wildman–Crippen MR) is 163 cm³/mol. The third-order valence-corrected chi connectivity index (χ3v) is 8.00. The number of carbonyl (C=O) groups excluding carboxylic acids is 2. The minimum atomic E-state index is -0.555. The van der Waals surface area contributed by atoms with Crippen LogP contribution in [0.1, 0.15) is 88.0 Å². The standard InChI is InChI=1S/C31H40IN5O2/c1-2-3-4-5-6-7-8-9-10-11-24-12-14-25(15-13-24)22-36-23-27(34-35-36)21-33-29-20-30(38)37(31(29)39)28-18-16-26(32)17-19-28/h12-19,23,29,33H,2-11,20-22H2,1H3. The third kappa shape index (κ3) is 8.96. The van der Waals surface area contributed by atoms with Crippen molar-refractivity contribution >= 4 is 40.1 Å². The molecule has 1 saturated heterocycles. The van der Waals surface area contributed by atoms with Gasteiger partial charge in [-0.2, -0.15) is 0 Å². The lowest BCUT2D eigenvalue weighted by molar-refractivity contribution is -0.121. The monoisotopic (exact) mass is 641 g/mol. The maximum Gasteiger partial charge on any atom is 0.251 e. The summed E-state index contributed by atoms with van der Waals surface area (Å²) in [4.78, 5) is 26.6. The van der Waals surface area contributed by atoms with Crippen LogP contribution in [0.15, 0.2) is 54.7 Å². The van der Waals surface area contributed by atoms with Gasteiger partial charge in [-0.05, 0) is 70.8 Å². The summed E-state index contributed by atoms with van der Waals surface area (Å²) >= 11 is 2.20. The maximum atomic E-state index is 12.9. The fourth-order valence-corrected chi connectivity index (χ4v) is 5.38. The molecule has 8 heteroatoms. The Morgan fingerprint density at radius 3 is 2.21 bits per heavy atom. The summed E-state index contributed by atoms with van der Waals surface area (Å²) in [6, 6.07) is 15.6. The van der Waals surface area contributed by atoms with Gasteiger partial charge >= 0.3 is 0 Å². The van der Waals surface area contributed by atoms with E-state index in [4.69, 9.17) is 0 Å². The molecule has 1 aromatic heterocycles. The summed E-state index contributed by atoms with van der Waals surface area (Å²) in [7, 11) is 0. The van der Waals surface area contributed by atoms with Crippen LogP contribution in [-0.2, 0) is 29.1 Å². The van der Waals surface area contributed by atoms with Crippen molar-refractivity contribution in [2.45, 2.75) is 96.7 Å². The number of halogens is 1. The highest BCUT2D eigenvalue weighted by atomic mass is 127. The molecular formula is C31H40IN5O2. The van der Waals surface area contributed by atoms with Crippen LogP contribution in [-0.4, -0.2) is 32.9 Å². The Hall–Kier alpha value is -2.59. The van der Waals surface area contributed by atoms with Gasteiger partial charge in [0.15, 0.2) is 0 Å². The van der Waals surface area contributed by atoms with Crippen LogP contribution in [0.3, 0.4) is 0 Å². The number of anilines is 1. The lowest BCUT2D eigenvalue weighted by Gasteiger charge is -2.15. The minimum absolute atomic E-state index is 0.143. The molecular weight excluding hydrogens is 601 g/mol. The van der Waals surface area contributed by atoms with Gasteiger partial charge < -0.3 is 0 Å². The number of rotatable bonds is 16. The highest BCUT2D eigenvalue weighted by Gasteiger charge is 2.39. The first-order valence-electron chi connectivity index (χ1n) is 14.4. The zero-order valence-electron chi connectivity index (χ0n) is 22.9. The van der Waals surface area contributed by atoms with E-state index in [1.807, 2.05) is 23.0 Å². The van der Waals surface area contributed by atoms with Gasteiger partial charge in [0.2, 0.25) is 5.91 Å².